The van der Waals surface area contributed by atoms with Crippen LogP contribution in [0.5, 0.6) is 11.5 Å². The first-order valence-corrected chi connectivity index (χ1v) is 7.30. The van der Waals surface area contributed by atoms with Crippen LogP contribution in [0, 0.1) is 0 Å². The quantitative estimate of drug-likeness (QED) is 0.900. The Hall–Kier alpha value is -1.71. The summed E-state index contributed by atoms with van der Waals surface area (Å²) in [4.78, 5) is 12.1. The minimum atomic E-state index is -0.496. The van der Waals surface area contributed by atoms with Crippen molar-refractivity contribution in [2.75, 3.05) is 7.11 Å². The van der Waals surface area contributed by atoms with Crippen molar-refractivity contribution < 1.29 is 14.3 Å². The highest BCUT2D eigenvalue weighted by Crippen LogP contribution is 2.21. The van der Waals surface area contributed by atoms with Crippen molar-refractivity contribution in [2.45, 2.75) is 51.2 Å². The molecule has 1 aliphatic carbocycles. The maximum Gasteiger partial charge on any atom is 0.260 e. The fourth-order valence-corrected chi connectivity index (χ4v) is 2.50. The summed E-state index contributed by atoms with van der Waals surface area (Å²) < 4.78 is 10.8. The molecule has 0 radical (unpaired) electrons. The number of methoxy groups -OCH3 is 1. The predicted octanol–water partition coefficient (Wildman–Crippen LogP) is 2.91. The van der Waals surface area contributed by atoms with E-state index < -0.39 is 6.10 Å². The zero-order valence-electron chi connectivity index (χ0n) is 12.2. The molecular weight excluding hydrogens is 254 g/mol. The molecule has 0 heterocycles. The molecule has 1 aromatic carbocycles. The van der Waals surface area contributed by atoms with Crippen LogP contribution < -0.4 is 14.8 Å². The van der Waals surface area contributed by atoms with E-state index in [1.807, 2.05) is 18.2 Å². The second-order valence-corrected chi connectivity index (χ2v) is 5.28. The molecule has 0 aliphatic heterocycles. The first kappa shape index (κ1) is 14.7. The smallest absolute Gasteiger partial charge is 0.260 e. The summed E-state index contributed by atoms with van der Waals surface area (Å²) in [6.45, 7) is 1.78. The standard InChI is InChI=1S/C16H23NO3/c1-12(16(18)17-13-7-4-3-5-8-13)20-15-10-6-9-14(11-15)19-2/h6,9-13H,3-5,7-8H2,1-2H3,(H,17,18)/t12-/m1/s1. The Bertz CT molecular complexity index is 441. The highest BCUT2D eigenvalue weighted by atomic mass is 16.5. The third-order valence-corrected chi connectivity index (χ3v) is 3.67. The minimum absolute atomic E-state index is 0.0419. The molecule has 0 spiro atoms. The van der Waals surface area contributed by atoms with E-state index in [1.165, 1.54) is 19.3 Å². The van der Waals surface area contributed by atoms with Crippen molar-refractivity contribution in [2.24, 2.45) is 0 Å². The van der Waals surface area contributed by atoms with Gasteiger partial charge in [0.2, 0.25) is 0 Å². The molecule has 4 heteroatoms. The number of carbonyl (C=O) groups excluding carboxylic acids is 1. The molecular formula is C16H23NO3. The van der Waals surface area contributed by atoms with Gasteiger partial charge in [0, 0.05) is 12.1 Å². The van der Waals surface area contributed by atoms with Gasteiger partial charge in [0.25, 0.3) is 5.91 Å². The van der Waals surface area contributed by atoms with Gasteiger partial charge < -0.3 is 14.8 Å². The normalized spacial score (nSPS) is 17.3. The molecule has 2 rings (SSSR count). The summed E-state index contributed by atoms with van der Waals surface area (Å²) >= 11 is 0. The molecule has 1 N–H and O–H groups in total. The van der Waals surface area contributed by atoms with Gasteiger partial charge in [-0.1, -0.05) is 25.3 Å². The van der Waals surface area contributed by atoms with Crippen molar-refractivity contribution in [3.05, 3.63) is 24.3 Å². The first-order chi connectivity index (χ1) is 9.69. The Morgan fingerprint density at radius 2 is 1.95 bits per heavy atom. The average Bonchev–Trinajstić information content (AvgIpc) is 2.48. The fraction of sp³-hybridized carbons (Fsp3) is 0.562. The topological polar surface area (TPSA) is 47.6 Å². The van der Waals surface area contributed by atoms with Crippen molar-refractivity contribution in [3.8, 4) is 11.5 Å². The minimum Gasteiger partial charge on any atom is -0.497 e. The van der Waals surface area contributed by atoms with Gasteiger partial charge in [0.1, 0.15) is 11.5 Å². The van der Waals surface area contributed by atoms with Gasteiger partial charge in [-0.15, -0.1) is 0 Å². The lowest BCUT2D eigenvalue weighted by Gasteiger charge is -2.24. The molecule has 110 valence electrons. The molecule has 0 bridgehead atoms. The van der Waals surface area contributed by atoms with Gasteiger partial charge in [0.15, 0.2) is 6.10 Å². The van der Waals surface area contributed by atoms with Crippen LogP contribution in [0.3, 0.4) is 0 Å². The number of amides is 1. The molecule has 0 unspecified atom stereocenters. The van der Waals surface area contributed by atoms with Crippen molar-refractivity contribution in [3.63, 3.8) is 0 Å². The van der Waals surface area contributed by atoms with E-state index in [-0.39, 0.29) is 5.91 Å². The zero-order valence-corrected chi connectivity index (χ0v) is 12.2. The number of nitrogens with one attached hydrogen (secondary N) is 1. The number of benzene rings is 1. The summed E-state index contributed by atoms with van der Waals surface area (Å²) in [7, 11) is 1.61. The van der Waals surface area contributed by atoms with E-state index in [0.717, 1.165) is 18.6 Å². The van der Waals surface area contributed by atoms with Crippen LogP contribution >= 0.6 is 0 Å². The predicted molar refractivity (Wildman–Crippen MR) is 78.1 cm³/mol. The Kier molecular flexibility index (Phi) is 5.27. The highest BCUT2D eigenvalue weighted by molar-refractivity contribution is 5.81. The monoisotopic (exact) mass is 277 g/mol. The Morgan fingerprint density at radius 3 is 2.65 bits per heavy atom. The maximum atomic E-state index is 12.1. The Balaban J connectivity index is 1.86. The largest absolute Gasteiger partial charge is 0.497 e. The van der Waals surface area contributed by atoms with E-state index in [2.05, 4.69) is 5.32 Å². The molecule has 1 fully saturated rings. The second kappa shape index (κ2) is 7.17. The van der Waals surface area contributed by atoms with Gasteiger partial charge in [-0.05, 0) is 31.9 Å². The molecule has 0 aromatic heterocycles. The lowest BCUT2D eigenvalue weighted by molar-refractivity contribution is -0.128. The molecule has 1 amide bonds. The number of carbonyl (C=O) groups is 1. The summed E-state index contributed by atoms with van der Waals surface area (Å²) in [5, 5.41) is 3.07. The van der Waals surface area contributed by atoms with Crippen molar-refractivity contribution >= 4 is 5.91 Å². The number of hydrogen-bond acceptors (Lipinski definition) is 3. The van der Waals surface area contributed by atoms with Crippen LogP contribution in [0.2, 0.25) is 0 Å². The summed E-state index contributed by atoms with van der Waals surface area (Å²) in [6.07, 6.45) is 5.35. The van der Waals surface area contributed by atoms with Crippen LogP contribution in [0.4, 0.5) is 0 Å². The van der Waals surface area contributed by atoms with Crippen LogP contribution in [-0.4, -0.2) is 25.2 Å². The molecule has 0 saturated heterocycles. The zero-order chi connectivity index (χ0) is 14.4. The van der Waals surface area contributed by atoms with Crippen LogP contribution in [0.1, 0.15) is 39.0 Å². The van der Waals surface area contributed by atoms with Gasteiger partial charge >= 0.3 is 0 Å². The Labute approximate surface area is 120 Å². The summed E-state index contributed by atoms with van der Waals surface area (Å²) in [6, 6.07) is 7.62. The van der Waals surface area contributed by atoms with E-state index >= 15 is 0 Å². The number of hydrogen-bond donors (Lipinski definition) is 1. The van der Waals surface area contributed by atoms with E-state index in [4.69, 9.17) is 9.47 Å². The van der Waals surface area contributed by atoms with Crippen LogP contribution in [-0.2, 0) is 4.79 Å². The lowest BCUT2D eigenvalue weighted by Crippen LogP contribution is -2.43. The molecule has 20 heavy (non-hydrogen) atoms. The van der Waals surface area contributed by atoms with Gasteiger partial charge in [-0.2, -0.15) is 0 Å². The van der Waals surface area contributed by atoms with Crippen molar-refractivity contribution in [1.29, 1.82) is 0 Å². The van der Waals surface area contributed by atoms with Gasteiger partial charge in [-0.25, -0.2) is 0 Å². The summed E-state index contributed by atoms with van der Waals surface area (Å²) in [5.41, 5.74) is 0. The SMILES string of the molecule is COc1cccc(O[C@H](C)C(=O)NC2CCCCC2)c1. The van der Waals surface area contributed by atoms with Crippen LogP contribution in [0.15, 0.2) is 24.3 Å². The van der Waals surface area contributed by atoms with E-state index in [1.54, 1.807) is 20.1 Å². The molecule has 4 nitrogen and oxygen atoms in total. The molecule has 1 aromatic rings. The third kappa shape index (κ3) is 4.15. The first-order valence-electron chi connectivity index (χ1n) is 7.30. The Morgan fingerprint density at radius 1 is 1.25 bits per heavy atom. The van der Waals surface area contributed by atoms with Crippen LogP contribution in [0.25, 0.3) is 0 Å². The van der Waals surface area contributed by atoms with Crippen molar-refractivity contribution in [1.82, 2.24) is 5.32 Å². The molecule has 1 atom stereocenters. The number of ether oxygens (including phenoxy) is 2. The number of rotatable bonds is 5. The average molecular weight is 277 g/mol. The fourth-order valence-electron chi connectivity index (χ4n) is 2.50. The molecule has 1 saturated carbocycles. The maximum absolute atomic E-state index is 12.1. The summed E-state index contributed by atoms with van der Waals surface area (Å²) in [5.74, 6) is 1.33. The highest BCUT2D eigenvalue weighted by Gasteiger charge is 2.20. The third-order valence-electron chi connectivity index (χ3n) is 3.67. The van der Waals surface area contributed by atoms with E-state index in [9.17, 15) is 4.79 Å². The van der Waals surface area contributed by atoms with Gasteiger partial charge in [0.05, 0.1) is 7.11 Å². The lowest BCUT2D eigenvalue weighted by atomic mass is 9.95. The second-order valence-electron chi connectivity index (χ2n) is 5.28. The van der Waals surface area contributed by atoms with Gasteiger partial charge in [-0.3, -0.25) is 4.79 Å². The van der Waals surface area contributed by atoms with E-state index in [0.29, 0.717) is 11.8 Å². The molecule has 1 aliphatic rings.